The molecule has 2 atom stereocenters. The van der Waals surface area contributed by atoms with Gasteiger partial charge in [0.25, 0.3) is 0 Å². The Hall–Kier alpha value is -1.38. The summed E-state index contributed by atoms with van der Waals surface area (Å²) < 4.78 is 0. The third-order valence-electron chi connectivity index (χ3n) is 3.76. The molecule has 1 amide bonds. The zero-order valence-electron chi connectivity index (χ0n) is 10.2. The molecule has 17 heavy (non-hydrogen) atoms. The Balaban J connectivity index is 1.70. The van der Waals surface area contributed by atoms with E-state index in [-0.39, 0.29) is 0 Å². The summed E-state index contributed by atoms with van der Waals surface area (Å²) in [5, 5.41) is 0. The third-order valence-corrected chi connectivity index (χ3v) is 3.76. The fourth-order valence-corrected chi connectivity index (χ4v) is 2.32. The van der Waals surface area contributed by atoms with E-state index in [1.807, 2.05) is 18.2 Å². The SMILES string of the molecule is CC1CC1C(=O)N(Cc1ccccn1)C1CC1. The minimum atomic E-state index is 0.291. The lowest BCUT2D eigenvalue weighted by Gasteiger charge is -2.22. The molecule has 3 heteroatoms. The molecule has 1 heterocycles. The van der Waals surface area contributed by atoms with Gasteiger partial charge in [-0.2, -0.15) is 0 Å². The molecule has 2 aliphatic carbocycles. The summed E-state index contributed by atoms with van der Waals surface area (Å²) in [6.07, 6.45) is 5.20. The van der Waals surface area contributed by atoms with Crippen molar-refractivity contribution in [1.82, 2.24) is 9.88 Å². The van der Waals surface area contributed by atoms with Crippen molar-refractivity contribution in [3.63, 3.8) is 0 Å². The van der Waals surface area contributed by atoms with Crippen molar-refractivity contribution in [2.24, 2.45) is 11.8 Å². The van der Waals surface area contributed by atoms with Gasteiger partial charge in [0.2, 0.25) is 5.91 Å². The number of amides is 1. The van der Waals surface area contributed by atoms with Gasteiger partial charge in [0.15, 0.2) is 0 Å². The number of hydrogen-bond acceptors (Lipinski definition) is 2. The molecule has 2 aliphatic rings. The van der Waals surface area contributed by atoms with Gasteiger partial charge in [-0.3, -0.25) is 9.78 Å². The van der Waals surface area contributed by atoms with Crippen LogP contribution in [0, 0.1) is 11.8 Å². The van der Waals surface area contributed by atoms with E-state index in [1.165, 1.54) is 12.8 Å². The first-order valence-electron chi connectivity index (χ1n) is 6.46. The summed E-state index contributed by atoms with van der Waals surface area (Å²) in [6.45, 7) is 2.85. The van der Waals surface area contributed by atoms with Crippen molar-refractivity contribution >= 4 is 5.91 Å². The molecule has 0 radical (unpaired) electrons. The molecule has 3 rings (SSSR count). The first kappa shape index (κ1) is 10.8. The van der Waals surface area contributed by atoms with Crippen LogP contribution >= 0.6 is 0 Å². The van der Waals surface area contributed by atoms with E-state index < -0.39 is 0 Å². The number of carbonyl (C=O) groups is 1. The molecule has 90 valence electrons. The summed E-state index contributed by atoms with van der Waals surface area (Å²) >= 11 is 0. The number of hydrogen-bond donors (Lipinski definition) is 0. The molecule has 2 fully saturated rings. The van der Waals surface area contributed by atoms with E-state index in [2.05, 4.69) is 16.8 Å². The van der Waals surface area contributed by atoms with Crippen LogP contribution in [0.1, 0.15) is 31.9 Å². The van der Waals surface area contributed by atoms with Crippen LogP contribution in [-0.2, 0) is 11.3 Å². The van der Waals surface area contributed by atoms with Crippen molar-refractivity contribution < 1.29 is 4.79 Å². The van der Waals surface area contributed by atoms with E-state index >= 15 is 0 Å². The fourth-order valence-electron chi connectivity index (χ4n) is 2.32. The summed E-state index contributed by atoms with van der Waals surface area (Å²) in [6, 6.07) is 6.38. The van der Waals surface area contributed by atoms with Crippen LogP contribution in [0.25, 0.3) is 0 Å². The van der Waals surface area contributed by atoms with Gasteiger partial charge in [0.1, 0.15) is 0 Å². The third kappa shape index (κ3) is 2.33. The second-order valence-electron chi connectivity index (χ2n) is 5.34. The van der Waals surface area contributed by atoms with Crippen LogP contribution < -0.4 is 0 Å². The second kappa shape index (κ2) is 4.13. The maximum atomic E-state index is 12.3. The van der Waals surface area contributed by atoms with Crippen molar-refractivity contribution in [2.75, 3.05) is 0 Å². The van der Waals surface area contributed by atoms with Crippen LogP contribution in [0.5, 0.6) is 0 Å². The normalized spacial score (nSPS) is 26.6. The van der Waals surface area contributed by atoms with Gasteiger partial charge in [0, 0.05) is 18.2 Å². The zero-order chi connectivity index (χ0) is 11.8. The Labute approximate surface area is 102 Å². The number of pyridine rings is 1. The lowest BCUT2D eigenvalue weighted by atomic mass is 10.2. The lowest BCUT2D eigenvalue weighted by Crippen LogP contribution is -2.34. The molecule has 1 aromatic heterocycles. The van der Waals surface area contributed by atoms with Crippen LogP contribution in [0.15, 0.2) is 24.4 Å². The molecular weight excluding hydrogens is 212 g/mol. The smallest absolute Gasteiger partial charge is 0.226 e. The number of nitrogens with zero attached hydrogens (tertiary/aromatic N) is 2. The van der Waals surface area contributed by atoms with Crippen molar-refractivity contribution in [3.05, 3.63) is 30.1 Å². The standard InChI is InChI=1S/C14H18N2O/c1-10-8-13(10)14(17)16(12-5-6-12)9-11-4-2-3-7-15-11/h2-4,7,10,12-13H,5-6,8-9H2,1H3. The highest BCUT2D eigenvalue weighted by Gasteiger charge is 2.45. The molecule has 2 saturated carbocycles. The summed E-state index contributed by atoms with van der Waals surface area (Å²) in [5.74, 6) is 1.23. The average Bonchev–Trinajstić information content (AvgIpc) is 3.22. The molecule has 3 nitrogen and oxygen atoms in total. The van der Waals surface area contributed by atoms with Gasteiger partial charge in [-0.05, 0) is 37.3 Å². The highest BCUT2D eigenvalue weighted by molar-refractivity contribution is 5.82. The minimum Gasteiger partial charge on any atom is -0.334 e. The first-order chi connectivity index (χ1) is 8.25. The Bertz CT molecular complexity index is 413. The minimum absolute atomic E-state index is 0.291. The highest BCUT2D eigenvalue weighted by Crippen LogP contribution is 2.41. The van der Waals surface area contributed by atoms with E-state index in [9.17, 15) is 4.79 Å². The Morgan fingerprint density at radius 2 is 2.24 bits per heavy atom. The van der Waals surface area contributed by atoms with E-state index in [0.29, 0.717) is 30.3 Å². The van der Waals surface area contributed by atoms with Crippen LogP contribution in [-0.4, -0.2) is 21.8 Å². The topological polar surface area (TPSA) is 33.2 Å². The summed E-state index contributed by atoms with van der Waals surface area (Å²) in [4.78, 5) is 18.7. The molecule has 0 saturated heterocycles. The predicted molar refractivity (Wildman–Crippen MR) is 65.1 cm³/mol. The number of rotatable bonds is 4. The van der Waals surface area contributed by atoms with Crippen LogP contribution in [0.4, 0.5) is 0 Å². The van der Waals surface area contributed by atoms with Crippen molar-refractivity contribution in [2.45, 2.75) is 38.8 Å². The quantitative estimate of drug-likeness (QED) is 0.794. The largest absolute Gasteiger partial charge is 0.334 e. The fraction of sp³-hybridized carbons (Fsp3) is 0.571. The molecule has 0 spiro atoms. The Morgan fingerprint density at radius 1 is 1.47 bits per heavy atom. The summed E-state index contributed by atoms with van der Waals surface area (Å²) in [5.41, 5.74) is 1.00. The monoisotopic (exact) mass is 230 g/mol. The number of carbonyl (C=O) groups excluding carboxylic acids is 1. The maximum Gasteiger partial charge on any atom is 0.226 e. The maximum absolute atomic E-state index is 12.3. The van der Waals surface area contributed by atoms with Crippen molar-refractivity contribution in [1.29, 1.82) is 0 Å². The molecular formula is C14H18N2O. The molecule has 0 bridgehead atoms. The number of aromatic nitrogens is 1. The molecule has 0 aliphatic heterocycles. The van der Waals surface area contributed by atoms with Crippen LogP contribution in [0.2, 0.25) is 0 Å². The average molecular weight is 230 g/mol. The van der Waals surface area contributed by atoms with E-state index in [0.717, 1.165) is 12.1 Å². The molecule has 1 aromatic rings. The molecule has 0 N–H and O–H groups in total. The van der Waals surface area contributed by atoms with Gasteiger partial charge in [0.05, 0.1) is 12.2 Å². The first-order valence-corrected chi connectivity index (χ1v) is 6.46. The highest BCUT2D eigenvalue weighted by atomic mass is 16.2. The second-order valence-corrected chi connectivity index (χ2v) is 5.34. The molecule has 0 aromatic carbocycles. The van der Waals surface area contributed by atoms with Gasteiger partial charge < -0.3 is 4.90 Å². The zero-order valence-corrected chi connectivity index (χ0v) is 10.2. The van der Waals surface area contributed by atoms with Crippen LogP contribution in [0.3, 0.4) is 0 Å². The Morgan fingerprint density at radius 3 is 2.76 bits per heavy atom. The summed E-state index contributed by atoms with van der Waals surface area (Å²) in [7, 11) is 0. The van der Waals surface area contributed by atoms with Gasteiger partial charge >= 0.3 is 0 Å². The van der Waals surface area contributed by atoms with E-state index in [4.69, 9.17) is 0 Å². The van der Waals surface area contributed by atoms with Gasteiger partial charge in [-0.25, -0.2) is 0 Å². The predicted octanol–water partition coefficient (Wildman–Crippen LogP) is 2.23. The van der Waals surface area contributed by atoms with Gasteiger partial charge in [-0.15, -0.1) is 0 Å². The van der Waals surface area contributed by atoms with Gasteiger partial charge in [-0.1, -0.05) is 13.0 Å². The Kier molecular flexibility index (Phi) is 2.61. The molecule has 2 unspecified atom stereocenters. The lowest BCUT2D eigenvalue weighted by molar-refractivity contribution is -0.134. The van der Waals surface area contributed by atoms with Crippen molar-refractivity contribution in [3.8, 4) is 0 Å². The van der Waals surface area contributed by atoms with E-state index in [1.54, 1.807) is 6.20 Å².